The zero-order chi connectivity index (χ0) is 13.9. The number of hydrogen-bond donors (Lipinski definition) is 1. The average Bonchev–Trinajstić information content (AvgIpc) is 2.84. The van der Waals surface area contributed by atoms with Gasteiger partial charge in [0.05, 0.1) is 5.52 Å². The summed E-state index contributed by atoms with van der Waals surface area (Å²) in [7, 11) is 0. The maximum Gasteiger partial charge on any atom is 0.174 e. The van der Waals surface area contributed by atoms with Gasteiger partial charge in [-0.25, -0.2) is 4.58 Å². The van der Waals surface area contributed by atoms with Gasteiger partial charge in [0, 0.05) is 27.9 Å². The van der Waals surface area contributed by atoms with Crippen LogP contribution in [0.3, 0.4) is 0 Å². The van der Waals surface area contributed by atoms with E-state index in [0.29, 0.717) is 0 Å². The third kappa shape index (κ3) is 1.36. The molecule has 2 heteroatoms. The van der Waals surface area contributed by atoms with Crippen LogP contribution in [0.5, 0.6) is 0 Å². The van der Waals surface area contributed by atoms with E-state index in [1.807, 2.05) is 4.58 Å². The second-order valence-electron chi connectivity index (χ2n) is 5.63. The van der Waals surface area contributed by atoms with Gasteiger partial charge in [0.2, 0.25) is 0 Å². The van der Waals surface area contributed by atoms with Crippen LogP contribution in [0, 0.1) is 13.8 Å². The van der Waals surface area contributed by atoms with Gasteiger partial charge in [-0.3, -0.25) is 0 Å². The van der Waals surface area contributed by atoms with Crippen molar-refractivity contribution in [3.8, 4) is 0 Å². The van der Waals surface area contributed by atoms with Gasteiger partial charge >= 0.3 is 0 Å². The molecule has 0 amide bonds. The van der Waals surface area contributed by atoms with E-state index >= 15 is 0 Å². The second kappa shape index (κ2) is 3.83. The molecule has 2 nitrogen and oxygen atoms in total. The Morgan fingerprint density at radius 3 is 2.80 bits per heavy atom. The van der Waals surface area contributed by atoms with Crippen LogP contribution in [0.2, 0.25) is 0 Å². The Balaban J connectivity index is 2.25. The molecule has 1 aliphatic rings. The monoisotopic (exact) mass is 261 g/mol. The first-order valence-electron chi connectivity index (χ1n) is 6.94. The third-order valence-corrected chi connectivity index (χ3v) is 4.45. The quantitative estimate of drug-likeness (QED) is 0.587. The number of fused-ring (bicyclic) bond motifs is 4. The van der Waals surface area contributed by atoms with Crippen molar-refractivity contribution in [1.82, 2.24) is 4.98 Å². The van der Waals surface area contributed by atoms with Crippen molar-refractivity contribution in [2.45, 2.75) is 20.4 Å². The number of para-hydroxylation sites is 1. The number of nitrogens with zero attached hydrogens (tertiary/aromatic N) is 1. The minimum atomic E-state index is 0.883. The van der Waals surface area contributed by atoms with E-state index in [0.717, 1.165) is 6.54 Å². The van der Waals surface area contributed by atoms with E-state index < -0.39 is 0 Å². The van der Waals surface area contributed by atoms with Crippen molar-refractivity contribution in [3.63, 3.8) is 0 Å². The zero-order valence-electron chi connectivity index (χ0n) is 11.8. The number of aryl methyl sites for hydroxylation is 2. The highest BCUT2D eigenvalue weighted by Gasteiger charge is 2.21. The lowest BCUT2D eigenvalue weighted by Crippen LogP contribution is -2.10. The Morgan fingerprint density at radius 2 is 1.95 bits per heavy atom. The summed E-state index contributed by atoms with van der Waals surface area (Å²) in [5.41, 5.74) is 7.94. The molecule has 0 atom stereocenters. The predicted molar refractivity (Wildman–Crippen MR) is 85.4 cm³/mol. The Kier molecular flexibility index (Phi) is 2.19. The summed E-state index contributed by atoms with van der Waals surface area (Å²) in [5.74, 6) is 0. The Hall–Kier alpha value is -2.35. The van der Waals surface area contributed by atoms with Gasteiger partial charge in [-0.05, 0) is 36.6 Å². The molecular weight excluding hydrogens is 244 g/mol. The molecule has 1 N–H and O–H groups in total. The summed E-state index contributed by atoms with van der Waals surface area (Å²) in [6.45, 7) is 9.36. The van der Waals surface area contributed by atoms with Gasteiger partial charge in [0.1, 0.15) is 6.72 Å². The highest BCUT2D eigenvalue weighted by Crippen LogP contribution is 2.36. The van der Waals surface area contributed by atoms with Gasteiger partial charge in [-0.15, -0.1) is 0 Å². The number of benzene rings is 2. The normalized spacial score (nSPS) is 14.2. The smallest absolute Gasteiger partial charge is 0.174 e. The molecule has 20 heavy (non-hydrogen) atoms. The fourth-order valence-corrected chi connectivity index (χ4v) is 3.39. The van der Waals surface area contributed by atoms with Crippen molar-refractivity contribution in [1.29, 1.82) is 0 Å². The lowest BCUT2D eigenvalue weighted by atomic mass is 9.91. The molecular formula is C18H17N2+. The lowest BCUT2D eigenvalue weighted by molar-refractivity contribution is -0.465. The molecule has 0 saturated heterocycles. The summed E-state index contributed by atoms with van der Waals surface area (Å²) in [6, 6.07) is 8.54. The van der Waals surface area contributed by atoms with Gasteiger partial charge < -0.3 is 4.98 Å². The first kappa shape index (κ1) is 11.5. The van der Waals surface area contributed by atoms with Gasteiger partial charge in [-0.1, -0.05) is 18.2 Å². The van der Waals surface area contributed by atoms with Crippen LogP contribution in [0.15, 0.2) is 30.5 Å². The molecule has 2 aromatic carbocycles. The van der Waals surface area contributed by atoms with E-state index in [-0.39, 0.29) is 0 Å². The van der Waals surface area contributed by atoms with Crippen molar-refractivity contribution in [3.05, 3.63) is 52.7 Å². The highest BCUT2D eigenvalue weighted by atomic mass is 15.0. The Labute approximate surface area is 118 Å². The first-order valence-corrected chi connectivity index (χ1v) is 6.94. The predicted octanol–water partition coefficient (Wildman–Crippen LogP) is 4.14. The summed E-state index contributed by atoms with van der Waals surface area (Å²) in [5, 5.41) is 2.68. The van der Waals surface area contributed by atoms with E-state index in [9.17, 15) is 0 Å². The van der Waals surface area contributed by atoms with Gasteiger partial charge in [-0.2, -0.15) is 0 Å². The van der Waals surface area contributed by atoms with Crippen LogP contribution in [0.4, 0.5) is 0 Å². The van der Waals surface area contributed by atoms with Crippen molar-refractivity contribution >= 4 is 34.6 Å². The number of H-pyrrole nitrogens is 1. The minimum Gasteiger partial charge on any atom is -0.354 e. The number of nitrogens with one attached hydrogen (secondary N) is 1. The van der Waals surface area contributed by atoms with E-state index in [4.69, 9.17) is 0 Å². The summed E-state index contributed by atoms with van der Waals surface area (Å²) in [6.07, 6.45) is 4.24. The molecule has 0 fully saturated rings. The number of aromatic amines is 1. The fourth-order valence-electron chi connectivity index (χ4n) is 3.39. The molecule has 4 rings (SSSR count). The molecule has 0 spiro atoms. The van der Waals surface area contributed by atoms with Gasteiger partial charge in [0.15, 0.2) is 12.7 Å². The molecule has 1 aromatic heterocycles. The van der Waals surface area contributed by atoms with Crippen LogP contribution in [-0.4, -0.2) is 16.3 Å². The molecule has 0 bridgehead atoms. The third-order valence-electron chi connectivity index (χ3n) is 4.45. The molecule has 0 radical (unpaired) electrons. The van der Waals surface area contributed by atoms with Crippen molar-refractivity contribution < 1.29 is 4.58 Å². The highest BCUT2D eigenvalue weighted by molar-refractivity contribution is 6.11. The molecule has 0 aliphatic carbocycles. The van der Waals surface area contributed by atoms with Gasteiger partial charge in [0.25, 0.3) is 0 Å². The van der Waals surface area contributed by atoms with E-state index in [1.165, 1.54) is 44.1 Å². The summed E-state index contributed by atoms with van der Waals surface area (Å²) in [4.78, 5) is 3.59. The molecule has 0 saturated carbocycles. The molecule has 2 heterocycles. The average molecular weight is 261 g/mol. The second-order valence-corrected chi connectivity index (χ2v) is 5.63. The SMILES string of the molecule is C=[N+]1C=Cc2c(c(C)c3c([nH]c4ccccc43)c2C)C1. The molecule has 1 aliphatic heterocycles. The van der Waals surface area contributed by atoms with Crippen LogP contribution < -0.4 is 0 Å². The zero-order valence-corrected chi connectivity index (χ0v) is 11.8. The summed E-state index contributed by atoms with van der Waals surface area (Å²) < 4.78 is 2.00. The van der Waals surface area contributed by atoms with E-state index in [1.54, 1.807) is 0 Å². The maximum atomic E-state index is 4.04. The molecule has 3 aromatic rings. The Bertz CT molecular complexity index is 910. The number of rotatable bonds is 0. The minimum absolute atomic E-state index is 0.883. The standard InChI is InChI=1S/C18H17N2/c1-11-15-10-20(3)9-8-13(15)12(2)18-17(11)14-6-4-5-7-16(14)19-18/h4-9,19H,3,10H2,1-2H3/q+1. The van der Waals surface area contributed by atoms with Crippen LogP contribution in [-0.2, 0) is 6.54 Å². The van der Waals surface area contributed by atoms with Crippen LogP contribution >= 0.6 is 0 Å². The number of hydrogen-bond acceptors (Lipinski definition) is 0. The molecule has 0 unspecified atom stereocenters. The largest absolute Gasteiger partial charge is 0.354 e. The first-order chi connectivity index (χ1) is 9.66. The number of aromatic nitrogens is 1. The topological polar surface area (TPSA) is 18.8 Å². The van der Waals surface area contributed by atoms with Crippen molar-refractivity contribution in [2.24, 2.45) is 0 Å². The maximum absolute atomic E-state index is 4.04. The fraction of sp³-hybridized carbons (Fsp3) is 0.167. The van der Waals surface area contributed by atoms with Crippen LogP contribution in [0.25, 0.3) is 27.9 Å². The van der Waals surface area contributed by atoms with Crippen LogP contribution in [0.1, 0.15) is 22.3 Å². The molecule has 98 valence electrons. The van der Waals surface area contributed by atoms with Crippen molar-refractivity contribution in [2.75, 3.05) is 0 Å². The Morgan fingerprint density at radius 1 is 1.15 bits per heavy atom. The van der Waals surface area contributed by atoms with E-state index in [2.05, 4.69) is 62.1 Å². The summed E-state index contributed by atoms with van der Waals surface area (Å²) >= 11 is 0. The lowest BCUT2D eigenvalue weighted by Gasteiger charge is -2.16.